The number of aryl methyl sites for hydroxylation is 2. The van der Waals surface area contributed by atoms with Crippen LogP contribution in [-0.4, -0.2) is 40.4 Å². The zero-order valence-corrected chi connectivity index (χ0v) is 15.2. The summed E-state index contributed by atoms with van der Waals surface area (Å²) in [7, 11) is 0. The molecule has 0 aliphatic carbocycles. The summed E-state index contributed by atoms with van der Waals surface area (Å²) >= 11 is 3.77. The van der Waals surface area contributed by atoms with Gasteiger partial charge in [0.25, 0.3) is 0 Å². The van der Waals surface area contributed by atoms with E-state index in [1.807, 2.05) is 0 Å². The van der Waals surface area contributed by atoms with Gasteiger partial charge < -0.3 is 5.32 Å². The van der Waals surface area contributed by atoms with Crippen LogP contribution in [0.1, 0.15) is 51.4 Å². The van der Waals surface area contributed by atoms with Gasteiger partial charge in [-0.15, -0.1) is 0 Å². The number of nitrogens with one attached hydrogen (secondary N) is 1. The highest BCUT2D eigenvalue weighted by Gasteiger charge is 2.21. The SMILES string of the molecule is CCCN(Cc1c(Br)c(CC)nn1CC)CC1CCCN1. The molecule has 1 aliphatic heterocycles. The van der Waals surface area contributed by atoms with Crippen molar-refractivity contribution in [2.24, 2.45) is 0 Å². The summed E-state index contributed by atoms with van der Waals surface area (Å²) in [5.74, 6) is 0. The molecule has 0 bridgehead atoms. The number of rotatable bonds is 8. The van der Waals surface area contributed by atoms with Crippen LogP contribution in [0.25, 0.3) is 0 Å². The largest absolute Gasteiger partial charge is 0.313 e. The van der Waals surface area contributed by atoms with Crippen LogP contribution >= 0.6 is 15.9 Å². The lowest BCUT2D eigenvalue weighted by atomic mass is 10.2. The van der Waals surface area contributed by atoms with Gasteiger partial charge in [0.2, 0.25) is 0 Å². The highest BCUT2D eigenvalue weighted by molar-refractivity contribution is 9.10. The van der Waals surface area contributed by atoms with Gasteiger partial charge in [-0.2, -0.15) is 5.10 Å². The highest BCUT2D eigenvalue weighted by Crippen LogP contribution is 2.24. The Bertz CT molecular complexity index is 438. The van der Waals surface area contributed by atoms with Crippen LogP contribution in [0.4, 0.5) is 0 Å². The highest BCUT2D eigenvalue weighted by atomic mass is 79.9. The summed E-state index contributed by atoms with van der Waals surface area (Å²) in [4.78, 5) is 2.58. The zero-order valence-electron chi connectivity index (χ0n) is 13.7. The van der Waals surface area contributed by atoms with E-state index in [1.54, 1.807) is 0 Å². The molecule has 4 nitrogen and oxygen atoms in total. The van der Waals surface area contributed by atoms with E-state index < -0.39 is 0 Å². The second kappa shape index (κ2) is 8.30. The molecule has 1 fully saturated rings. The van der Waals surface area contributed by atoms with Crippen molar-refractivity contribution in [3.8, 4) is 0 Å². The summed E-state index contributed by atoms with van der Waals surface area (Å²) in [6.45, 7) is 12.0. The molecule has 1 aromatic rings. The molecule has 1 N–H and O–H groups in total. The number of aromatic nitrogens is 2. The minimum Gasteiger partial charge on any atom is -0.313 e. The first kappa shape index (κ1) is 17.0. The maximum Gasteiger partial charge on any atom is 0.0767 e. The van der Waals surface area contributed by atoms with Gasteiger partial charge in [-0.3, -0.25) is 9.58 Å². The number of hydrogen-bond acceptors (Lipinski definition) is 3. The fourth-order valence-electron chi connectivity index (χ4n) is 3.16. The van der Waals surface area contributed by atoms with E-state index in [-0.39, 0.29) is 0 Å². The Morgan fingerprint density at radius 3 is 2.76 bits per heavy atom. The maximum atomic E-state index is 4.72. The van der Waals surface area contributed by atoms with Crippen LogP contribution in [0.3, 0.4) is 0 Å². The molecule has 0 spiro atoms. The van der Waals surface area contributed by atoms with E-state index >= 15 is 0 Å². The van der Waals surface area contributed by atoms with Crippen LogP contribution in [0.15, 0.2) is 4.47 Å². The quantitative estimate of drug-likeness (QED) is 0.776. The molecule has 1 aromatic heterocycles. The van der Waals surface area contributed by atoms with Gasteiger partial charge in [-0.1, -0.05) is 13.8 Å². The summed E-state index contributed by atoms with van der Waals surface area (Å²) in [6, 6.07) is 0.666. The standard InChI is InChI=1S/C16H29BrN4/c1-4-10-20(11-13-8-7-9-18-13)12-15-16(17)14(5-2)19-21(15)6-3/h13,18H,4-12H2,1-3H3. The first-order valence-electron chi connectivity index (χ1n) is 8.39. The first-order chi connectivity index (χ1) is 10.2. The fourth-order valence-corrected chi connectivity index (χ4v) is 3.85. The van der Waals surface area contributed by atoms with E-state index in [0.717, 1.165) is 32.6 Å². The fraction of sp³-hybridized carbons (Fsp3) is 0.812. The molecule has 0 radical (unpaired) electrons. The number of hydrogen-bond donors (Lipinski definition) is 1. The van der Waals surface area contributed by atoms with Crippen LogP contribution in [-0.2, 0) is 19.5 Å². The number of nitrogens with zero attached hydrogens (tertiary/aromatic N) is 3. The maximum absolute atomic E-state index is 4.72. The average molecular weight is 357 g/mol. The van der Waals surface area contributed by atoms with Gasteiger partial charge in [0, 0.05) is 25.7 Å². The third-order valence-corrected chi connectivity index (χ3v) is 5.16. The molecule has 1 unspecified atom stereocenters. The third-order valence-electron chi connectivity index (χ3n) is 4.25. The lowest BCUT2D eigenvalue weighted by Crippen LogP contribution is -2.38. The predicted molar refractivity (Wildman–Crippen MR) is 91.6 cm³/mol. The van der Waals surface area contributed by atoms with Crippen molar-refractivity contribution in [3.63, 3.8) is 0 Å². The van der Waals surface area contributed by atoms with Crippen molar-refractivity contribution >= 4 is 15.9 Å². The van der Waals surface area contributed by atoms with E-state index in [2.05, 4.69) is 51.6 Å². The Kier molecular flexibility index (Phi) is 6.71. The van der Waals surface area contributed by atoms with E-state index in [9.17, 15) is 0 Å². The number of halogens is 1. The Morgan fingerprint density at radius 2 is 2.19 bits per heavy atom. The second-order valence-corrected chi connectivity index (χ2v) is 6.70. The molecule has 21 heavy (non-hydrogen) atoms. The smallest absolute Gasteiger partial charge is 0.0767 e. The minimum atomic E-state index is 0.666. The van der Waals surface area contributed by atoms with Gasteiger partial charge in [-0.05, 0) is 61.6 Å². The molecular formula is C16H29BrN4. The van der Waals surface area contributed by atoms with Crippen LogP contribution < -0.4 is 5.32 Å². The first-order valence-corrected chi connectivity index (χ1v) is 9.18. The van der Waals surface area contributed by atoms with Gasteiger partial charge in [0.15, 0.2) is 0 Å². The lowest BCUT2D eigenvalue weighted by molar-refractivity contribution is 0.234. The lowest BCUT2D eigenvalue weighted by Gasteiger charge is -2.25. The van der Waals surface area contributed by atoms with Gasteiger partial charge in [0.1, 0.15) is 0 Å². The van der Waals surface area contributed by atoms with Crippen molar-refractivity contribution in [3.05, 3.63) is 15.9 Å². The van der Waals surface area contributed by atoms with Crippen molar-refractivity contribution in [2.75, 3.05) is 19.6 Å². The van der Waals surface area contributed by atoms with Crippen LogP contribution in [0.5, 0.6) is 0 Å². The van der Waals surface area contributed by atoms with Crippen molar-refractivity contribution in [1.82, 2.24) is 20.0 Å². The molecular weight excluding hydrogens is 328 g/mol. The van der Waals surface area contributed by atoms with Gasteiger partial charge >= 0.3 is 0 Å². The third kappa shape index (κ3) is 4.30. The van der Waals surface area contributed by atoms with Crippen molar-refractivity contribution in [1.29, 1.82) is 0 Å². The minimum absolute atomic E-state index is 0.666. The van der Waals surface area contributed by atoms with E-state index in [4.69, 9.17) is 5.10 Å². The normalized spacial score (nSPS) is 18.8. The van der Waals surface area contributed by atoms with E-state index in [0.29, 0.717) is 6.04 Å². The topological polar surface area (TPSA) is 33.1 Å². The average Bonchev–Trinajstić information content (AvgIpc) is 3.08. The Labute approximate surface area is 137 Å². The predicted octanol–water partition coefficient (Wildman–Crippen LogP) is 3.19. The summed E-state index contributed by atoms with van der Waals surface area (Å²) < 4.78 is 3.38. The summed E-state index contributed by atoms with van der Waals surface area (Å²) in [5.41, 5.74) is 2.52. The molecule has 0 amide bonds. The molecule has 2 heterocycles. The monoisotopic (exact) mass is 356 g/mol. The van der Waals surface area contributed by atoms with Crippen molar-refractivity contribution in [2.45, 2.75) is 65.6 Å². The van der Waals surface area contributed by atoms with Gasteiger partial charge in [-0.25, -0.2) is 0 Å². The van der Waals surface area contributed by atoms with Crippen LogP contribution in [0.2, 0.25) is 0 Å². The molecule has 0 aromatic carbocycles. The molecule has 0 saturated carbocycles. The van der Waals surface area contributed by atoms with Crippen molar-refractivity contribution < 1.29 is 0 Å². The van der Waals surface area contributed by atoms with E-state index in [1.165, 1.54) is 41.7 Å². The molecule has 1 aliphatic rings. The second-order valence-electron chi connectivity index (χ2n) is 5.91. The molecule has 1 saturated heterocycles. The Hall–Kier alpha value is -0.390. The molecule has 1 atom stereocenters. The van der Waals surface area contributed by atoms with Gasteiger partial charge in [0.05, 0.1) is 15.9 Å². The Balaban J connectivity index is 2.09. The summed E-state index contributed by atoms with van der Waals surface area (Å²) in [5, 5.41) is 8.33. The molecule has 120 valence electrons. The van der Waals surface area contributed by atoms with Crippen LogP contribution in [0, 0.1) is 0 Å². The molecule has 5 heteroatoms. The summed E-state index contributed by atoms with van der Waals surface area (Å²) in [6.07, 6.45) is 4.82. The molecule has 2 rings (SSSR count). The Morgan fingerprint density at radius 1 is 1.38 bits per heavy atom. The zero-order chi connectivity index (χ0) is 15.2.